The van der Waals surface area contributed by atoms with E-state index in [1.165, 1.54) is 12.1 Å². The van der Waals surface area contributed by atoms with Gasteiger partial charge in [-0.1, -0.05) is 5.04 Å². The van der Waals surface area contributed by atoms with Gasteiger partial charge in [-0.2, -0.15) is 25.3 Å². The molecule has 52 heavy (non-hydrogen) atoms. The maximum absolute atomic E-state index is 12.6. The topological polar surface area (TPSA) is 390 Å². The van der Waals surface area contributed by atoms with Crippen LogP contribution in [-0.2, 0) is 68.0 Å². The van der Waals surface area contributed by atoms with Crippen LogP contribution in [0, 0.1) is 0 Å². The van der Waals surface area contributed by atoms with Crippen LogP contribution in [0.3, 0.4) is 0 Å². The maximum Gasteiger partial charge on any atom is 0.397 e. The first-order valence-electron chi connectivity index (χ1n) is 13.0. The molecule has 0 bridgehead atoms. The number of rotatable bonds is 18. The Balaban J connectivity index is 1.97. The average molecular weight is 853 g/mol. The first-order valence-corrected chi connectivity index (χ1v) is 21.3. The summed E-state index contributed by atoms with van der Waals surface area (Å²) in [5.74, 6) is -1.74. The summed E-state index contributed by atoms with van der Waals surface area (Å²) in [6, 6.07) is 6.93. The number of nitrogens with zero attached hydrogens (tertiary/aromatic N) is 4. The number of hydrogen-bond donors (Lipinski definition) is 6. The van der Waals surface area contributed by atoms with Crippen LogP contribution >= 0.6 is 12.3 Å². The molecule has 3 rings (SSSR count). The van der Waals surface area contributed by atoms with Gasteiger partial charge >= 0.3 is 10.4 Å². The minimum absolute atomic E-state index is 0.105. The van der Waals surface area contributed by atoms with E-state index in [2.05, 4.69) is 38.2 Å². The van der Waals surface area contributed by atoms with E-state index in [1.54, 1.807) is 0 Å². The predicted molar refractivity (Wildman–Crippen MR) is 176 cm³/mol. The second-order valence-electron chi connectivity index (χ2n) is 9.47. The molecule has 0 saturated carbocycles. The van der Waals surface area contributed by atoms with E-state index in [-0.39, 0.29) is 35.1 Å². The molecular formula is C22H24N6O18S6. The Morgan fingerprint density at radius 2 is 1.10 bits per heavy atom. The van der Waals surface area contributed by atoms with Gasteiger partial charge in [0, 0.05) is 0 Å². The summed E-state index contributed by atoms with van der Waals surface area (Å²) in [4.78, 5) is -3.33. The van der Waals surface area contributed by atoms with Gasteiger partial charge in [0.05, 0.1) is 45.9 Å². The first-order chi connectivity index (χ1) is 24.0. The molecule has 0 unspecified atom stereocenters. The number of azo groups is 2. The minimum Gasteiger partial charge on any atom is -0.397 e. The number of hydrogen-bond acceptors (Lipinski definition) is 22. The molecule has 24 nitrogen and oxygen atoms in total. The van der Waals surface area contributed by atoms with E-state index in [1.807, 2.05) is 0 Å². The van der Waals surface area contributed by atoms with E-state index >= 15 is 0 Å². The third-order valence-electron chi connectivity index (χ3n) is 6.01. The SMILES string of the molecule is Nc1ccc(/N=N/c2ccc(S(=O)(=O)CCOSOOO)cc2S(=O)(=O)O)c(N)c1/N=N/c1ccc(S(=O)(=O)CCOS(=O)(=O)O)cc1S(=O)(=O)O. The van der Waals surface area contributed by atoms with E-state index in [0.717, 1.165) is 24.3 Å². The van der Waals surface area contributed by atoms with Crippen LogP contribution in [0.4, 0.5) is 34.1 Å². The van der Waals surface area contributed by atoms with E-state index in [0.29, 0.717) is 12.1 Å². The summed E-state index contributed by atoms with van der Waals surface area (Å²) < 4.78 is 161. The van der Waals surface area contributed by atoms with Crippen molar-refractivity contribution in [2.45, 2.75) is 19.6 Å². The number of anilines is 2. The number of sulfone groups is 2. The van der Waals surface area contributed by atoms with E-state index in [9.17, 15) is 51.2 Å². The molecule has 3 aromatic carbocycles. The summed E-state index contributed by atoms with van der Waals surface area (Å²) in [6.07, 6.45) is 0. The summed E-state index contributed by atoms with van der Waals surface area (Å²) in [7, 11) is -23.9. The van der Waals surface area contributed by atoms with Crippen LogP contribution in [-0.4, -0.2) is 85.7 Å². The fourth-order valence-corrected chi connectivity index (χ4v) is 8.06. The van der Waals surface area contributed by atoms with Crippen molar-refractivity contribution in [2.75, 3.05) is 36.2 Å². The van der Waals surface area contributed by atoms with Gasteiger partial charge in [-0.25, -0.2) is 26.3 Å². The summed E-state index contributed by atoms with van der Waals surface area (Å²) in [6.45, 7) is -1.53. The van der Waals surface area contributed by atoms with Crippen molar-refractivity contribution in [3.8, 4) is 0 Å². The highest BCUT2D eigenvalue weighted by molar-refractivity contribution is 7.92. The minimum atomic E-state index is -5.18. The Morgan fingerprint density at radius 1 is 0.635 bits per heavy atom. The summed E-state index contributed by atoms with van der Waals surface area (Å²) in [5, 5.41) is 26.2. The standard InChI is InChI=1S/C22H24N6O18S6/c23-15-3-6-18(27-25-16-4-1-13(11-19(16)50(34,35)36)48(30,31)9-7-43-47-46-45-29)21(24)22(15)28-26-17-5-2-14(12-20(17)51(37,38)39)49(32,33)10-8-44-52(40,41)42/h1-6,11-12,29H,7-10,23-24H2,(H,34,35,36)(H,37,38,39)(H,40,41,42)/b27-25+,28-26+. The molecule has 0 amide bonds. The zero-order chi connectivity index (χ0) is 39.1. The van der Waals surface area contributed by atoms with Crippen LogP contribution in [0.15, 0.2) is 88.6 Å². The lowest BCUT2D eigenvalue weighted by Crippen LogP contribution is -2.16. The summed E-state index contributed by atoms with van der Waals surface area (Å²) >= 11 is 0.105. The smallest absolute Gasteiger partial charge is 0.397 e. The Bertz CT molecular complexity index is 2440. The molecule has 0 aliphatic rings. The van der Waals surface area contributed by atoms with Crippen molar-refractivity contribution in [3.63, 3.8) is 0 Å². The molecule has 0 heterocycles. The monoisotopic (exact) mass is 852 g/mol. The van der Waals surface area contributed by atoms with Crippen molar-refractivity contribution >= 4 is 96.8 Å². The fourth-order valence-electron chi connectivity index (χ4n) is 3.67. The van der Waals surface area contributed by atoms with Gasteiger partial charge in [0.1, 0.15) is 32.5 Å². The second kappa shape index (κ2) is 16.9. The average Bonchev–Trinajstić information content (AvgIpc) is 3.02. The van der Waals surface area contributed by atoms with Gasteiger partial charge in [-0.15, -0.1) is 24.8 Å². The second-order valence-corrected chi connectivity index (χ2v) is 18.1. The number of nitrogens with two attached hydrogens (primary N) is 2. The fraction of sp³-hybridized carbons (Fsp3) is 0.182. The normalized spacial score (nSPS) is 13.3. The first kappa shape index (κ1) is 42.7. The lowest BCUT2D eigenvalue weighted by atomic mass is 10.2. The predicted octanol–water partition coefficient (Wildman–Crippen LogP) is 2.54. The molecule has 0 atom stereocenters. The summed E-state index contributed by atoms with van der Waals surface area (Å²) in [5.41, 5.74) is 9.60. The largest absolute Gasteiger partial charge is 0.397 e. The molecular weight excluding hydrogens is 829 g/mol. The van der Waals surface area contributed by atoms with E-state index < -0.39 is 106 Å². The van der Waals surface area contributed by atoms with Gasteiger partial charge < -0.3 is 11.5 Å². The molecule has 0 aliphatic heterocycles. The molecule has 0 spiro atoms. The van der Waals surface area contributed by atoms with Crippen LogP contribution in [0.1, 0.15) is 0 Å². The van der Waals surface area contributed by atoms with E-state index in [4.69, 9.17) is 21.3 Å². The number of benzene rings is 3. The quantitative estimate of drug-likeness (QED) is 0.0204. The van der Waals surface area contributed by atoms with Crippen LogP contribution in [0.5, 0.6) is 0 Å². The van der Waals surface area contributed by atoms with Crippen LogP contribution in [0.25, 0.3) is 0 Å². The third kappa shape index (κ3) is 11.9. The number of nitrogen functional groups attached to an aromatic ring is 2. The van der Waals surface area contributed by atoms with Crippen molar-refractivity contribution in [1.29, 1.82) is 0 Å². The molecule has 286 valence electrons. The van der Waals surface area contributed by atoms with Crippen LogP contribution in [0.2, 0.25) is 0 Å². The Hall–Kier alpha value is -3.76. The van der Waals surface area contributed by atoms with Gasteiger partial charge in [0.15, 0.2) is 32.0 Å². The van der Waals surface area contributed by atoms with Crippen molar-refractivity contribution in [3.05, 3.63) is 48.5 Å². The molecule has 30 heteroatoms. The highest BCUT2D eigenvalue weighted by Gasteiger charge is 2.24. The molecule has 0 radical (unpaired) electrons. The van der Waals surface area contributed by atoms with Gasteiger partial charge in [-0.3, -0.25) is 17.8 Å². The third-order valence-corrected chi connectivity index (χ3v) is 12.0. The van der Waals surface area contributed by atoms with Crippen molar-refractivity contribution < 1.29 is 78.7 Å². The lowest BCUT2D eigenvalue weighted by molar-refractivity contribution is -0.434. The van der Waals surface area contributed by atoms with Gasteiger partial charge in [-0.05, 0) is 48.5 Å². The maximum atomic E-state index is 12.6. The van der Waals surface area contributed by atoms with Gasteiger partial charge in [0.25, 0.3) is 20.2 Å². The molecule has 3 aromatic rings. The molecule has 0 fully saturated rings. The molecule has 0 aliphatic carbocycles. The van der Waals surface area contributed by atoms with Crippen molar-refractivity contribution in [2.24, 2.45) is 20.5 Å². The molecule has 0 aromatic heterocycles. The lowest BCUT2D eigenvalue weighted by Gasteiger charge is -2.09. The Morgan fingerprint density at radius 3 is 1.58 bits per heavy atom. The van der Waals surface area contributed by atoms with Crippen LogP contribution < -0.4 is 11.5 Å². The highest BCUT2D eigenvalue weighted by atomic mass is 32.3. The zero-order valence-corrected chi connectivity index (χ0v) is 30.2. The van der Waals surface area contributed by atoms with Crippen molar-refractivity contribution in [1.82, 2.24) is 0 Å². The highest BCUT2D eigenvalue weighted by Crippen LogP contribution is 2.40. The Kier molecular flexibility index (Phi) is 13.9. The van der Waals surface area contributed by atoms with Gasteiger partial charge in [0.2, 0.25) is 0 Å². The Labute approximate surface area is 299 Å². The molecule has 8 N–H and O–H groups in total. The molecule has 0 saturated heterocycles. The zero-order valence-electron chi connectivity index (χ0n) is 25.3.